The normalized spacial score (nSPS) is 20.4. The zero-order valence-corrected chi connectivity index (χ0v) is 11.9. The van der Waals surface area contributed by atoms with Crippen LogP contribution in [0.4, 0.5) is 14.6 Å². The van der Waals surface area contributed by atoms with Crippen molar-refractivity contribution in [3.8, 4) is 0 Å². The first-order valence-electron chi connectivity index (χ1n) is 7.55. The second kappa shape index (κ2) is 5.62. The minimum Gasteiger partial charge on any atom is -0.357 e. The molecule has 2 fully saturated rings. The zero-order valence-electron chi connectivity index (χ0n) is 11.9. The lowest BCUT2D eigenvalue weighted by Gasteiger charge is -2.32. The maximum absolute atomic E-state index is 13.0. The second-order valence-corrected chi connectivity index (χ2v) is 5.99. The van der Waals surface area contributed by atoms with Gasteiger partial charge in [0, 0.05) is 25.1 Å². The highest BCUT2D eigenvalue weighted by Gasteiger charge is 2.29. The zero-order chi connectivity index (χ0) is 14.1. The van der Waals surface area contributed by atoms with Crippen LogP contribution in [-0.2, 0) is 0 Å². The van der Waals surface area contributed by atoms with Crippen LogP contribution in [0.2, 0.25) is 0 Å². The molecule has 1 aromatic rings. The van der Waals surface area contributed by atoms with Gasteiger partial charge in [0.2, 0.25) is 0 Å². The van der Waals surface area contributed by atoms with Crippen LogP contribution in [0.15, 0.2) is 6.07 Å². The third kappa shape index (κ3) is 2.91. The quantitative estimate of drug-likeness (QED) is 0.833. The predicted molar refractivity (Wildman–Crippen MR) is 74.2 cm³/mol. The van der Waals surface area contributed by atoms with E-state index in [4.69, 9.17) is 0 Å². The number of halogens is 2. The number of hydrogen-bond donors (Lipinski definition) is 0. The molecule has 0 amide bonds. The first kappa shape index (κ1) is 13.7. The molecule has 0 atom stereocenters. The Hall–Kier alpha value is -1.26. The lowest BCUT2D eigenvalue weighted by Crippen LogP contribution is -2.34. The number of rotatable bonds is 4. The Balaban J connectivity index is 1.86. The summed E-state index contributed by atoms with van der Waals surface area (Å²) in [6.07, 6.45) is 5.51. The number of alkyl halides is 2. The van der Waals surface area contributed by atoms with Crippen molar-refractivity contribution in [3.63, 3.8) is 0 Å². The van der Waals surface area contributed by atoms with Crippen LogP contribution in [0.5, 0.6) is 0 Å². The largest absolute Gasteiger partial charge is 0.357 e. The molecule has 5 heteroatoms. The summed E-state index contributed by atoms with van der Waals surface area (Å²) in [5.41, 5.74) is -0.125. The fourth-order valence-corrected chi connectivity index (χ4v) is 2.94. The van der Waals surface area contributed by atoms with Crippen LogP contribution >= 0.6 is 0 Å². The topological polar surface area (TPSA) is 29.0 Å². The first-order valence-corrected chi connectivity index (χ1v) is 7.55. The maximum Gasteiger partial charge on any atom is 0.280 e. The molecular formula is C15H21F2N3. The van der Waals surface area contributed by atoms with Crippen LogP contribution in [0.3, 0.4) is 0 Å². The molecule has 0 spiro atoms. The summed E-state index contributed by atoms with van der Waals surface area (Å²) in [5.74, 6) is 1.58. The number of hydrogen-bond acceptors (Lipinski definition) is 3. The van der Waals surface area contributed by atoms with E-state index >= 15 is 0 Å². The smallest absolute Gasteiger partial charge is 0.280 e. The van der Waals surface area contributed by atoms with Gasteiger partial charge in [-0.1, -0.05) is 19.3 Å². The van der Waals surface area contributed by atoms with Crippen molar-refractivity contribution in [1.82, 2.24) is 9.97 Å². The highest BCUT2D eigenvalue weighted by molar-refractivity contribution is 5.41. The van der Waals surface area contributed by atoms with Gasteiger partial charge in [0.05, 0.1) is 0 Å². The van der Waals surface area contributed by atoms with Gasteiger partial charge in [0.15, 0.2) is 0 Å². The van der Waals surface area contributed by atoms with E-state index in [9.17, 15) is 8.78 Å². The van der Waals surface area contributed by atoms with E-state index in [1.807, 2.05) is 7.05 Å². The van der Waals surface area contributed by atoms with E-state index in [0.717, 1.165) is 25.7 Å². The van der Waals surface area contributed by atoms with Crippen molar-refractivity contribution < 1.29 is 8.78 Å². The van der Waals surface area contributed by atoms with Gasteiger partial charge in [0.1, 0.15) is 17.3 Å². The highest BCUT2D eigenvalue weighted by Crippen LogP contribution is 2.39. The van der Waals surface area contributed by atoms with Gasteiger partial charge >= 0.3 is 0 Å². The summed E-state index contributed by atoms with van der Waals surface area (Å²) >= 11 is 0. The molecule has 20 heavy (non-hydrogen) atoms. The lowest BCUT2D eigenvalue weighted by molar-refractivity contribution is 0.145. The van der Waals surface area contributed by atoms with E-state index in [0.29, 0.717) is 23.6 Å². The van der Waals surface area contributed by atoms with Gasteiger partial charge in [-0.15, -0.1) is 0 Å². The fourth-order valence-electron chi connectivity index (χ4n) is 2.94. The second-order valence-electron chi connectivity index (χ2n) is 5.99. The highest BCUT2D eigenvalue weighted by atomic mass is 19.3. The number of aromatic nitrogens is 2. The van der Waals surface area contributed by atoms with Crippen molar-refractivity contribution in [2.45, 2.75) is 63.3 Å². The minimum absolute atomic E-state index is 0.125. The molecule has 1 aromatic heterocycles. The first-order chi connectivity index (χ1) is 9.65. The summed E-state index contributed by atoms with van der Waals surface area (Å²) < 4.78 is 26.0. The summed E-state index contributed by atoms with van der Waals surface area (Å²) in [6.45, 7) is 0. The molecule has 1 heterocycles. The summed E-state index contributed by atoms with van der Waals surface area (Å²) in [7, 11) is 1.98. The molecule has 0 saturated heterocycles. The Kier molecular flexibility index (Phi) is 3.85. The molecule has 2 saturated carbocycles. The van der Waals surface area contributed by atoms with Crippen molar-refractivity contribution in [2.75, 3.05) is 11.9 Å². The number of anilines is 1. The predicted octanol–water partition coefficient (Wildman–Crippen LogP) is 4.06. The van der Waals surface area contributed by atoms with Crippen molar-refractivity contribution in [3.05, 3.63) is 17.6 Å². The summed E-state index contributed by atoms with van der Waals surface area (Å²) in [6, 6.07) is 1.89. The Bertz CT molecular complexity index is 448. The van der Waals surface area contributed by atoms with Crippen LogP contribution in [0.25, 0.3) is 0 Å². The molecule has 2 aliphatic carbocycles. The number of nitrogens with zero attached hydrogens (tertiary/aromatic N) is 3. The molecule has 0 bridgehead atoms. The van der Waals surface area contributed by atoms with Crippen molar-refractivity contribution >= 4 is 5.82 Å². The Morgan fingerprint density at radius 3 is 2.40 bits per heavy atom. The Morgan fingerprint density at radius 2 is 1.80 bits per heavy atom. The molecule has 0 N–H and O–H groups in total. The van der Waals surface area contributed by atoms with Crippen LogP contribution < -0.4 is 4.90 Å². The van der Waals surface area contributed by atoms with E-state index in [1.54, 1.807) is 0 Å². The third-order valence-electron chi connectivity index (χ3n) is 4.40. The summed E-state index contributed by atoms with van der Waals surface area (Å²) in [4.78, 5) is 10.7. The molecule has 3 nitrogen and oxygen atoms in total. The van der Waals surface area contributed by atoms with Gasteiger partial charge in [-0.2, -0.15) is 0 Å². The molecule has 3 rings (SSSR count). The molecule has 2 aliphatic rings. The molecule has 110 valence electrons. The van der Waals surface area contributed by atoms with Crippen molar-refractivity contribution in [2.24, 2.45) is 0 Å². The molecule has 0 aliphatic heterocycles. The average molecular weight is 281 g/mol. The lowest BCUT2D eigenvalue weighted by atomic mass is 9.94. The van der Waals surface area contributed by atoms with Gasteiger partial charge in [0.25, 0.3) is 6.43 Å². The van der Waals surface area contributed by atoms with Crippen LogP contribution in [0, 0.1) is 0 Å². The average Bonchev–Trinajstić information content (AvgIpc) is 3.31. The molecule has 0 aromatic carbocycles. The third-order valence-corrected chi connectivity index (χ3v) is 4.40. The molecule has 0 unspecified atom stereocenters. The SMILES string of the molecule is CN(c1cc(C(F)F)nc(C2CC2)n1)C1CCCCC1. The van der Waals surface area contributed by atoms with Gasteiger partial charge in [-0.3, -0.25) is 0 Å². The Morgan fingerprint density at radius 1 is 1.10 bits per heavy atom. The fraction of sp³-hybridized carbons (Fsp3) is 0.733. The standard InChI is InChI=1S/C15H21F2N3/c1-20(11-5-3-2-4-6-11)13-9-12(14(16)17)18-15(19-13)10-7-8-10/h9-11,14H,2-8H2,1H3. The summed E-state index contributed by atoms with van der Waals surface area (Å²) in [5, 5.41) is 0. The monoisotopic (exact) mass is 281 g/mol. The van der Waals surface area contributed by atoms with E-state index in [2.05, 4.69) is 14.9 Å². The van der Waals surface area contributed by atoms with Crippen LogP contribution in [-0.4, -0.2) is 23.1 Å². The molecule has 0 radical (unpaired) electrons. The van der Waals surface area contributed by atoms with E-state index in [1.165, 1.54) is 25.3 Å². The Labute approximate surface area is 118 Å². The van der Waals surface area contributed by atoms with Crippen molar-refractivity contribution in [1.29, 1.82) is 0 Å². The van der Waals surface area contributed by atoms with E-state index < -0.39 is 6.43 Å². The molecular weight excluding hydrogens is 260 g/mol. The van der Waals surface area contributed by atoms with Gasteiger partial charge in [-0.25, -0.2) is 18.7 Å². The van der Waals surface area contributed by atoms with E-state index in [-0.39, 0.29) is 5.69 Å². The van der Waals surface area contributed by atoms with Gasteiger partial charge < -0.3 is 4.90 Å². The minimum atomic E-state index is -2.52. The van der Waals surface area contributed by atoms with Gasteiger partial charge in [-0.05, 0) is 25.7 Å². The maximum atomic E-state index is 13.0. The van der Waals surface area contributed by atoms with Crippen LogP contribution in [0.1, 0.15) is 68.8 Å².